The van der Waals surface area contributed by atoms with E-state index in [9.17, 15) is 14.4 Å². The number of aromatic nitrogens is 2. The molecular formula is C19H23ClN4O4. The zero-order chi connectivity index (χ0) is 20.8. The largest absolute Gasteiger partial charge is 0.449 e. The van der Waals surface area contributed by atoms with Gasteiger partial charge in [0, 0.05) is 17.8 Å². The minimum atomic E-state index is -1.06. The highest BCUT2D eigenvalue weighted by Gasteiger charge is 2.25. The number of halogens is 1. The first-order chi connectivity index (χ1) is 13.2. The number of hydrogen-bond donors (Lipinski definition) is 2. The Kier molecular flexibility index (Phi) is 7.17. The van der Waals surface area contributed by atoms with Crippen molar-refractivity contribution in [3.05, 3.63) is 46.2 Å². The molecule has 28 heavy (non-hydrogen) atoms. The number of ether oxygens (including phenoxy) is 1. The summed E-state index contributed by atoms with van der Waals surface area (Å²) >= 11 is 6.25. The highest BCUT2D eigenvalue weighted by molar-refractivity contribution is 6.32. The Morgan fingerprint density at radius 1 is 1.29 bits per heavy atom. The minimum absolute atomic E-state index is 0.156. The highest BCUT2D eigenvalue weighted by Crippen LogP contribution is 2.22. The van der Waals surface area contributed by atoms with E-state index in [0.29, 0.717) is 23.5 Å². The van der Waals surface area contributed by atoms with Crippen LogP contribution in [0.4, 0.5) is 5.69 Å². The van der Waals surface area contributed by atoms with Crippen LogP contribution in [0.2, 0.25) is 5.15 Å². The summed E-state index contributed by atoms with van der Waals surface area (Å²) in [5.41, 5.74) is 6.54. The summed E-state index contributed by atoms with van der Waals surface area (Å²) in [6.07, 6.45) is 0.785. The number of anilines is 1. The van der Waals surface area contributed by atoms with Crippen molar-refractivity contribution in [1.29, 1.82) is 0 Å². The maximum absolute atomic E-state index is 12.5. The van der Waals surface area contributed by atoms with E-state index in [1.807, 2.05) is 6.92 Å². The zero-order valence-corrected chi connectivity index (χ0v) is 16.7. The van der Waals surface area contributed by atoms with E-state index >= 15 is 0 Å². The predicted octanol–water partition coefficient (Wildman–Crippen LogP) is 2.93. The minimum Gasteiger partial charge on any atom is -0.449 e. The third kappa shape index (κ3) is 5.10. The van der Waals surface area contributed by atoms with Crippen molar-refractivity contribution in [3.8, 4) is 0 Å². The maximum Gasteiger partial charge on any atom is 0.343 e. The molecular weight excluding hydrogens is 384 g/mol. The molecule has 2 aromatic rings. The smallest absolute Gasteiger partial charge is 0.343 e. The second-order valence-corrected chi connectivity index (χ2v) is 6.66. The Bertz CT molecular complexity index is 877. The number of nitrogens with two attached hydrogens (primary N) is 1. The van der Waals surface area contributed by atoms with Gasteiger partial charge < -0.3 is 15.8 Å². The highest BCUT2D eigenvalue weighted by atomic mass is 35.5. The van der Waals surface area contributed by atoms with E-state index < -0.39 is 23.9 Å². The van der Waals surface area contributed by atoms with Crippen molar-refractivity contribution >= 4 is 35.1 Å². The molecule has 8 nitrogen and oxygen atoms in total. The van der Waals surface area contributed by atoms with E-state index in [0.717, 1.165) is 12.8 Å². The summed E-state index contributed by atoms with van der Waals surface area (Å²) in [6, 6.07) is 6.04. The fourth-order valence-corrected chi connectivity index (χ4v) is 2.81. The quantitative estimate of drug-likeness (QED) is 0.653. The van der Waals surface area contributed by atoms with Gasteiger partial charge in [-0.15, -0.1) is 0 Å². The third-order valence-corrected chi connectivity index (χ3v) is 4.47. The van der Waals surface area contributed by atoms with Crippen LogP contribution in [0.15, 0.2) is 24.3 Å². The molecule has 0 saturated carbocycles. The molecule has 0 fully saturated rings. The summed E-state index contributed by atoms with van der Waals surface area (Å²) < 4.78 is 6.81. The lowest BCUT2D eigenvalue weighted by Gasteiger charge is -2.13. The number of carbonyl (C=O) groups excluding carboxylic acids is 3. The maximum atomic E-state index is 12.5. The normalized spacial score (nSPS) is 11.7. The number of nitrogens with one attached hydrogen (secondary N) is 1. The average Bonchev–Trinajstić information content (AvgIpc) is 2.93. The SMILES string of the molecule is CCCCn1nc(C)c(C(=O)O[C@H](C)C(=O)Nc2ccc(C(N)=O)cc2)c1Cl. The van der Waals surface area contributed by atoms with Crippen LogP contribution in [-0.2, 0) is 16.1 Å². The molecule has 2 amide bonds. The number of hydrogen-bond acceptors (Lipinski definition) is 5. The first-order valence-electron chi connectivity index (χ1n) is 8.89. The van der Waals surface area contributed by atoms with Gasteiger partial charge >= 0.3 is 5.97 Å². The van der Waals surface area contributed by atoms with Gasteiger partial charge in [-0.25, -0.2) is 4.79 Å². The molecule has 150 valence electrons. The van der Waals surface area contributed by atoms with E-state index in [1.54, 1.807) is 11.6 Å². The predicted molar refractivity (Wildman–Crippen MR) is 105 cm³/mol. The van der Waals surface area contributed by atoms with Gasteiger partial charge in [-0.05, 0) is 44.5 Å². The van der Waals surface area contributed by atoms with Crippen LogP contribution in [0.1, 0.15) is 53.1 Å². The summed E-state index contributed by atoms with van der Waals surface area (Å²) in [7, 11) is 0. The van der Waals surface area contributed by atoms with Crippen LogP contribution in [-0.4, -0.2) is 33.7 Å². The molecule has 9 heteroatoms. The molecule has 0 aliphatic carbocycles. The topological polar surface area (TPSA) is 116 Å². The lowest BCUT2D eigenvalue weighted by atomic mass is 10.2. The van der Waals surface area contributed by atoms with E-state index in [4.69, 9.17) is 22.1 Å². The van der Waals surface area contributed by atoms with Crippen LogP contribution in [0.3, 0.4) is 0 Å². The van der Waals surface area contributed by atoms with Crippen LogP contribution in [0, 0.1) is 6.92 Å². The molecule has 0 spiro atoms. The van der Waals surface area contributed by atoms with Gasteiger partial charge in [-0.3, -0.25) is 14.3 Å². The summed E-state index contributed by atoms with van der Waals surface area (Å²) in [5.74, 6) is -1.80. The van der Waals surface area contributed by atoms with Crippen molar-refractivity contribution in [1.82, 2.24) is 9.78 Å². The standard InChI is InChI=1S/C19H23ClN4O4/c1-4-5-10-24-16(20)15(11(2)23-24)19(27)28-12(3)18(26)22-14-8-6-13(7-9-14)17(21)25/h6-9,12H,4-5,10H2,1-3H3,(H2,21,25)(H,22,26)/t12-/m1/s1. The first kappa shape index (κ1) is 21.4. The van der Waals surface area contributed by atoms with E-state index in [1.165, 1.54) is 31.2 Å². The molecule has 1 aromatic heterocycles. The number of carbonyl (C=O) groups is 3. The lowest BCUT2D eigenvalue weighted by molar-refractivity contribution is -0.123. The zero-order valence-electron chi connectivity index (χ0n) is 16.0. The summed E-state index contributed by atoms with van der Waals surface area (Å²) in [4.78, 5) is 35.8. The number of primary amides is 1. The number of unbranched alkanes of at least 4 members (excludes halogenated alkanes) is 1. The fraction of sp³-hybridized carbons (Fsp3) is 0.368. The molecule has 0 saturated heterocycles. The lowest BCUT2D eigenvalue weighted by Crippen LogP contribution is -2.30. The van der Waals surface area contributed by atoms with Gasteiger partial charge in [-0.2, -0.15) is 5.10 Å². The Balaban J connectivity index is 2.02. The fourth-order valence-electron chi connectivity index (χ4n) is 2.48. The Morgan fingerprint density at radius 2 is 1.93 bits per heavy atom. The number of nitrogens with zero attached hydrogens (tertiary/aromatic N) is 2. The third-order valence-electron chi connectivity index (χ3n) is 4.08. The van der Waals surface area contributed by atoms with Crippen molar-refractivity contribution in [3.63, 3.8) is 0 Å². The van der Waals surface area contributed by atoms with Crippen molar-refractivity contribution < 1.29 is 19.1 Å². The van der Waals surface area contributed by atoms with Gasteiger partial charge in [0.05, 0.1) is 5.69 Å². The molecule has 2 rings (SSSR count). The second kappa shape index (κ2) is 9.36. The van der Waals surface area contributed by atoms with Crippen LogP contribution < -0.4 is 11.1 Å². The van der Waals surface area contributed by atoms with Crippen molar-refractivity contribution in [2.75, 3.05) is 5.32 Å². The first-order valence-corrected chi connectivity index (χ1v) is 9.27. The molecule has 0 aliphatic heterocycles. The van der Waals surface area contributed by atoms with Crippen molar-refractivity contribution in [2.24, 2.45) is 5.73 Å². The Labute approximate surface area is 168 Å². The summed E-state index contributed by atoms with van der Waals surface area (Å²) in [5, 5.41) is 7.06. The van der Waals surface area contributed by atoms with Gasteiger partial charge in [0.25, 0.3) is 5.91 Å². The monoisotopic (exact) mass is 406 g/mol. The molecule has 0 aliphatic rings. The van der Waals surface area contributed by atoms with Crippen LogP contribution >= 0.6 is 11.6 Å². The Hall–Kier alpha value is -2.87. The van der Waals surface area contributed by atoms with Crippen molar-refractivity contribution in [2.45, 2.75) is 46.3 Å². The Morgan fingerprint density at radius 3 is 2.50 bits per heavy atom. The number of amides is 2. The molecule has 0 unspecified atom stereocenters. The van der Waals surface area contributed by atoms with Crippen LogP contribution in [0.25, 0.3) is 0 Å². The number of esters is 1. The molecule has 0 bridgehead atoms. The molecule has 1 heterocycles. The summed E-state index contributed by atoms with van der Waals surface area (Å²) in [6.45, 7) is 5.76. The molecule has 1 aromatic carbocycles. The van der Waals surface area contributed by atoms with Crippen LogP contribution in [0.5, 0.6) is 0 Å². The molecule has 0 radical (unpaired) electrons. The van der Waals surface area contributed by atoms with Gasteiger partial charge in [0.1, 0.15) is 10.7 Å². The number of benzene rings is 1. The van der Waals surface area contributed by atoms with E-state index in [-0.39, 0.29) is 10.7 Å². The van der Waals surface area contributed by atoms with E-state index in [2.05, 4.69) is 10.4 Å². The van der Waals surface area contributed by atoms with Gasteiger partial charge in [0.15, 0.2) is 6.10 Å². The van der Waals surface area contributed by atoms with Gasteiger partial charge in [0.2, 0.25) is 5.91 Å². The number of rotatable bonds is 8. The molecule has 1 atom stereocenters. The average molecular weight is 407 g/mol. The second-order valence-electron chi connectivity index (χ2n) is 6.31. The van der Waals surface area contributed by atoms with Gasteiger partial charge in [-0.1, -0.05) is 24.9 Å². The number of aryl methyl sites for hydroxylation is 2. The molecule has 3 N–H and O–H groups in total.